The summed E-state index contributed by atoms with van der Waals surface area (Å²) in [5.41, 5.74) is -0.0579. The summed E-state index contributed by atoms with van der Waals surface area (Å²) >= 11 is 6.11. The van der Waals surface area contributed by atoms with E-state index in [4.69, 9.17) is 11.6 Å². The van der Waals surface area contributed by atoms with Crippen LogP contribution in [0.3, 0.4) is 0 Å². The maximum Gasteiger partial charge on any atom is 0.453 e. The first-order valence-corrected chi connectivity index (χ1v) is 10.5. The third kappa shape index (κ3) is 4.00. The van der Waals surface area contributed by atoms with Gasteiger partial charge in [-0.2, -0.15) is 22.0 Å². The molecule has 1 aliphatic rings. The maximum atomic E-state index is 14.8. The van der Waals surface area contributed by atoms with Gasteiger partial charge in [-0.15, -0.1) is 0 Å². The van der Waals surface area contributed by atoms with Gasteiger partial charge in [-0.05, 0) is 54.2 Å². The first-order valence-electron chi connectivity index (χ1n) is 10.2. The molecule has 3 aromatic rings. The van der Waals surface area contributed by atoms with Crippen molar-refractivity contribution in [1.29, 1.82) is 0 Å². The van der Waals surface area contributed by atoms with Crippen molar-refractivity contribution in [3.63, 3.8) is 0 Å². The second kappa shape index (κ2) is 7.75. The number of anilines is 1. The van der Waals surface area contributed by atoms with Crippen molar-refractivity contribution in [3.8, 4) is 0 Å². The number of nitrogens with one attached hydrogen (secondary N) is 1. The molecule has 0 saturated heterocycles. The summed E-state index contributed by atoms with van der Waals surface area (Å²) in [6.07, 6.45) is -4.89. The highest BCUT2D eigenvalue weighted by molar-refractivity contribution is 6.30. The van der Waals surface area contributed by atoms with Crippen LogP contribution in [-0.2, 0) is 5.41 Å². The first-order chi connectivity index (χ1) is 15.2. The molecule has 1 aliphatic carbocycles. The number of hydrogen-bond donors (Lipinski definition) is 1. The molecule has 1 heterocycles. The van der Waals surface area contributed by atoms with Gasteiger partial charge >= 0.3 is 12.1 Å². The van der Waals surface area contributed by atoms with Gasteiger partial charge in [-0.3, -0.25) is 0 Å². The van der Waals surface area contributed by atoms with Gasteiger partial charge in [-0.25, -0.2) is 14.4 Å². The average molecular weight is 488 g/mol. The SMILES string of the molecule is Cc1ncc2c(NC3c4ccc(Cl)cc4C(C)(C)CC3C(F)(F)C(F)(F)F)ccc(F)c2n1. The quantitative estimate of drug-likeness (QED) is 0.392. The minimum atomic E-state index is -5.75. The Labute approximate surface area is 191 Å². The van der Waals surface area contributed by atoms with Crippen molar-refractivity contribution in [1.82, 2.24) is 9.97 Å². The van der Waals surface area contributed by atoms with Crippen molar-refractivity contribution in [2.24, 2.45) is 5.92 Å². The van der Waals surface area contributed by atoms with E-state index < -0.39 is 41.7 Å². The lowest BCUT2D eigenvalue weighted by atomic mass is 9.64. The minimum absolute atomic E-state index is 0.0564. The lowest BCUT2D eigenvalue weighted by Gasteiger charge is -2.46. The summed E-state index contributed by atoms with van der Waals surface area (Å²) in [5.74, 6) is -7.48. The van der Waals surface area contributed by atoms with Crippen LogP contribution in [0.1, 0.15) is 43.3 Å². The zero-order chi connectivity index (χ0) is 24.3. The van der Waals surface area contributed by atoms with Crippen molar-refractivity contribution in [3.05, 3.63) is 64.3 Å². The van der Waals surface area contributed by atoms with Gasteiger partial charge in [0.05, 0.1) is 12.0 Å². The zero-order valence-electron chi connectivity index (χ0n) is 17.9. The Morgan fingerprint density at radius 1 is 1.09 bits per heavy atom. The normalized spacial score (nSPS) is 20.5. The van der Waals surface area contributed by atoms with E-state index in [1.807, 2.05) is 0 Å². The van der Waals surface area contributed by atoms with Crippen molar-refractivity contribution < 1.29 is 26.3 Å². The molecular formula is C23H20ClF6N3. The molecule has 10 heteroatoms. The Kier molecular flexibility index (Phi) is 5.54. The maximum absolute atomic E-state index is 14.8. The predicted octanol–water partition coefficient (Wildman–Crippen LogP) is 7.38. The largest absolute Gasteiger partial charge is 0.453 e. The van der Waals surface area contributed by atoms with Crippen LogP contribution in [0.15, 0.2) is 36.5 Å². The van der Waals surface area contributed by atoms with Gasteiger partial charge < -0.3 is 5.32 Å². The molecule has 0 spiro atoms. The van der Waals surface area contributed by atoms with E-state index >= 15 is 0 Å². The van der Waals surface area contributed by atoms with Crippen molar-refractivity contribution >= 4 is 28.2 Å². The molecular weight excluding hydrogens is 468 g/mol. The van der Waals surface area contributed by atoms with Gasteiger partial charge in [0.2, 0.25) is 0 Å². The first kappa shape index (κ1) is 23.6. The molecule has 176 valence electrons. The summed E-state index contributed by atoms with van der Waals surface area (Å²) in [6, 6.07) is 5.44. The highest BCUT2D eigenvalue weighted by Crippen LogP contribution is 2.56. The molecule has 1 N–H and O–H groups in total. The van der Waals surface area contributed by atoms with Crippen LogP contribution in [-0.4, -0.2) is 22.1 Å². The smallest absolute Gasteiger partial charge is 0.377 e. The monoisotopic (exact) mass is 487 g/mol. The zero-order valence-corrected chi connectivity index (χ0v) is 18.6. The van der Waals surface area contributed by atoms with Crippen molar-refractivity contribution in [2.45, 2.75) is 50.7 Å². The minimum Gasteiger partial charge on any atom is -0.377 e. The third-order valence-electron chi connectivity index (χ3n) is 6.19. The van der Waals surface area contributed by atoms with Crippen LogP contribution >= 0.6 is 11.6 Å². The molecule has 0 aliphatic heterocycles. The highest BCUT2D eigenvalue weighted by atomic mass is 35.5. The van der Waals surface area contributed by atoms with Crippen LogP contribution in [0.5, 0.6) is 0 Å². The molecule has 0 saturated carbocycles. The van der Waals surface area contributed by atoms with Crippen LogP contribution in [0.25, 0.3) is 10.9 Å². The Balaban J connectivity index is 1.92. The number of benzene rings is 2. The fourth-order valence-corrected chi connectivity index (χ4v) is 4.75. The van der Waals surface area contributed by atoms with E-state index in [0.717, 1.165) is 6.07 Å². The second-order valence-corrected chi connectivity index (χ2v) is 9.38. The van der Waals surface area contributed by atoms with E-state index in [1.165, 1.54) is 24.4 Å². The molecule has 2 atom stereocenters. The molecule has 4 rings (SSSR count). The Bertz CT molecular complexity index is 1220. The third-order valence-corrected chi connectivity index (χ3v) is 6.42. The second-order valence-electron chi connectivity index (χ2n) is 8.94. The van der Waals surface area contributed by atoms with Crippen LogP contribution in [0.4, 0.5) is 32.0 Å². The summed E-state index contributed by atoms with van der Waals surface area (Å²) in [7, 11) is 0. The van der Waals surface area contributed by atoms with Crippen molar-refractivity contribution in [2.75, 3.05) is 5.32 Å². The molecule has 3 nitrogen and oxygen atoms in total. The molecule has 0 radical (unpaired) electrons. The van der Waals surface area contributed by atoms with Gasteiger partial charge in [0, 0.05) is 22.3 Å². The lowest BCUT2D eigenvalue weighted by molar-refractivity contribution is -0.307. The number of alkyl halides is 5. The van der Waals surface area contributed by atoms with E-state index in [1.54, 1.807) is 26.8 Å². The molecule has 0 fully saturated rings. The summed E-state index contributed by atoms with van der Waals surface area (Å²) in [4.78, 5) is 8.07. The predicted molar refractivity (Wildman–Crippen MR) is 114 cm³/mol. The summed E-state index contributed by atoms with van der Waals surface area (Å²) < 4.78 is 84.5. The van der Waals surface area contributed by atoms with Crippen LogP contribution < -0.4 is 5.32 Å². The van der Waals surface area contributed by atoms with Gasteiger partial charge in [0.25, 0.3) is 0 Å². The number of aryl methyl sites for hydroxylation is 1. The molecule has 2 unspecified atom stereocenters. The average Bonchev–Trinajstić information content (AvgIpc) is 2.71. The van der Waals surface area contributed by atoms with Crippen LogP contribution in [0, 0.1) is 18.7 Å². The molecule has 0 amide bonds. The van der Waals surface area contributed by atoms with Gasteiger partial charge in [0.1, 0.15) is 17.2 Å². The van der Waals surface area contributed by atoms with E-state index in [2.05, 4.69) is 15.3 Å². The Morgan fingerprint density at radius 3 is 2.45 bits per heavy atom. The number of fused-ring (bicyclic) bond motifs is 2. The topological polar surface area (TPSA) is 37.8 Å². The summed E-state index contributed by atoms with van der Waals surface area (Å²) in [6.45, 7) is 4.78. The number of nitrogens with zero attached hydrogens (tertiary/aromatic N) is 2. The van der Waals surface area contributed by atoms with Crippen LogP contribution in [0.2, 0.25) is 5.02 Å². The fourth-order valence-electron chi connectivity index (χ4n) is 4.57. The standard InChI is InChI=1S/C23H20ClF6N3/c1-11-31-10-14-18(7-6-17(25)20(14)32-11)33-19-13-5-4-12(24)8-15(13)21(2,3)9-16(19)22(26,27)23(28,29)30/h4-8,10,16,19,33H,9H2,1-3H3. The van der Waals surface area contributed by atoms with E-state index in [-0.39, 0.29) is 22.2 Å². The number of aromatic nitrogens is 2. The highest BCUT2D eigenvalue weighted by Gasteiger charge is 2.65. The van der Waals surface area contributed by atoms with E-state index in [9.17, 15) is 26.3 Å². The lowest BCUT2D eigenvalue weighted by Crippen LogP contribution is -2.51. The Morgan fingerprint density at radius 2 is 1.79 bits per heavy atom. The molecule has 0 bridgehead atoms. The van der Waals surface area contributed by atoms with E-state index in [0.29, 0.717) is 16.4 Å². The molecule has 1 aromatic heterocycles. The molecule has 2 aromatic carbocycles. The number of rotatable bonds is 3. The molecule has 33 heavy (non-hydrogen) atoms. The Hall–Kier alpha value is -2.55. The van der Waals surface area contributed by atoms with Gasteiger partial charge in [0.15, 0.2) is 0 Å². The summed E-state index contributed by atoms with van der Waals surface area (Å²) in [5, 5.41) is 3.36. The number of hydrogen-bond acceptors (Lipinski definition) is 3. The fraction of sp³-hybridized carbons (Fsp3) is 0.391. The number of halogens is 7. The van der Waals surface area contributed by atoms with Gasteiger partial charge in [-0.1, -0.05) is 31.5 Å².